The summed E-state index contributed by atoms with van der Waals surface area (Å²) < 4.78 is 27.0. The smallest absolute Gasteiger partial charge is 0.203 e. The fourth-order valence-electron chi connectivity index (χ4n) is 2.11. The molecule has 0 unspecified atom stereocenters. The van der Waals surface area contributed by atoms with Crippen molar-refractivity contribution in [2.24, 2.45) is 0 Å². The van der Waals surface area contributed by atoms with Gasteiger partial charge in [-0.3, -0.25) is 0 Å². The van der Waals surface area contributed by atoms with Crippen molar-refractivity contribution < 1.29 is 23.7 Å². The van der Waals surface area contributed by atoms with Crippen molar-refractivity contribution >= 4 is 0 Å². The third-order valence-corrected chi connectivity index (χ3v) is 3.07. The topological polar surface area (TPSA) is 58.2 Å². The lowest BCUT2D eigenvalue weighted by atomic mass is 10.1. The molecule has 6 heteroatoms. The third-order valence-electron chi connectivity index (χ3n) is 3.07. The van der Waals surface area contributed by atoms with E-state index >= 15 is 0 Å². The van der Waals surface area contributed by atoms with Crippen LogP contribution in [-0.4, -0.2) is 47.4 Å². The Kier molecular flexibility index (Phi) is 8.65. The highest BCUT2D eigenvalue weighted by molar-refractivity contribution is 5.53. The Morgan fingerprint density at radius 2 is 1.45 bits per heavy atom. The largest absolute Gasteiger partial charge is 0.493 e. The molecule has 0 spiro atoms. The van der Waals surface area contributed by atoms with Crippen LogP contribution in [0.15, 0.2) is 12.1 Å². The molecule has 0 heterocycles. The van der Waals surface area contributed by atoms with Crippen LogP contribution in [0, 0.1) is 0 Å². The zero-order chi connectivity index (χ0) is 16.4. The molecule has 0 saturated carbocycles. The van der Waals surface area contributed by atoms with Gasteiger partial charge in [0.05, 0.1) is 21.3 Å². The Labute approximate surface area is 132 Å². The maximum atomic E-state index is 5.49. The van der Waals surface area contributed by atoms with Gasteiger partial charge < -0.3 is 29.0 Å². The lowest BCUT2D eigenvalue weighted by Gasteiger charge is -2.18. The van der Waals surface area contributed by atoms with Crippen molar-refractivity contribution in [3.05, 3.63) is 17.7 Å². The Bertz CT molecular complexity index is 408. The molecule has 0 bridgehead atoms. The van der Waals surface area contributed by atoms with Crippen LogP contribution in [0.25, 0.3) is 0 Å². The molecule has 1 aromatic rings. The van der Waals surface area contributed by atoms with E-state index in [1.807, 2.05) is 26.0 Å². The summed E-state index contributed by atoms with van der Waals surface area (Å²) in [6.45, 7) is 6.40. The minimum Gasteiger partial charge on any atom is -0.493 e. The number of rotatable bonds is 11. The zero-order valence-electron chi connectivity index (χ0n) is 14.1. The minimum atomic E-state index is -0.239. The zero-order valence-corrected chi connectivity index (χ0v) is 14.1. The van der Waals surface area contributed by atoms with E-state index in [4.69, 9.17) is 23.7 Å². The molecule has 0 aliphatic carbocycles. The van der Waals surface area contributed by atoms with Gasteiger partial charge in [-0.2, -0.15) is 0 Å². The highest BCUT2D eigenvalue weighted by Gasteiger charge is 2.13. The van der Waals surface area contributed by atoms with E-state index in [1.165, 1.54) is 0 Å². The maximum Gasteiger partial charge on any atom is 0.203 e. The molecule has 0 radical (unpaired) electrons. The summed E-state index contributed by atoms with van der Waals surface area (Å²) in [7, 11) is 4.80. The van der Waals surface area contributed by atoms with Crippen LogP contribution in [0.2, 0.25) is 0 Å². The van der Waals surface area contributed by atoms with E-state index in [0.717, 1.165) is 5.56 Å². The van der Waals surface area contributed by atoms with E-state index in [0.29, 0.717) is 43.6 Å². The van der Waals surface area contributed by atoms with Crippen molar-refractivity contribution in [1.82, 2.24) is 5.32 Å². The summed E-state index contributed by atoms with van der Waals surface area (Å²) >= 11 is 0. The predicted molar refractivity (Wildman–Crippen MR) is 84.8 cm³/mol. The summed E-state index contributed by atoms with van der Waals surface area (Å²) in [5.74, 6) is 1.88. The minimum absolute atomic E-state index is 0.239. The lowest BCUT2D eigenvalue weighted by Crippen LogP contribution is -2.31. The van der Waals surface area contributed by atoms with Crippen LogP contribution in [0.3, 0.4) is 0 Å². The second-order valence-corrected chi connectivity index (χ2v) is 4.50. The third kappa shape index (κ3) is 5.36. The average Bonchev–Trinajstić information content (AvgIpc) is 2.54. The van der Waals surface area contributed by atoms with Gasteiger partial charge in [0.2, 0.25) is 5.75 Å². The highest BCUT2D eigenvalue weighted by atomic mass is 16.7. The van der Waals surface area contributed by atoms with E-state index in [2.05, 4.69) is 5.32 Å². The van der Waals surface area contributed by atoms with Crippen molar-refractivity contribution in [1.29, 1.82) is 0 Å². The number of ether oxygens (including phenoxy) is 5. The van der Waals surface area contributed by atoms with Gasteiger partial charge in [-0.05, 0) is 31.5 Å². The first kappa shape index (κ1) is 18.5. The van der Waals surface area contributed by atoms with E-state index in [-0.39, 0.29) is 6.29 Å². The van der Waals surface area contributed by atoms with Crippen molar-refractivity contribution in [2.45, 2.75) is 26.7 Å². The predicted octanol–water partition coefficient (Wildman–Crippen LogP) is 2.20. The maximum absolute atomic E-state index is 5.49. The van der Waals surface area contributed by atoms with Gasteiger partial charge in [0.1, 0.15) is 0 Å². The molecule has 0 aliphatic heterocycles. The number of hydrogen-bond acceptors (Lipinski definition) is 6. The molecular formula is C16H27NO5. The molecule has 0 atom stereocenters. The molecule has 1 N–H and O–H groups in total. The van der Waals surface area contributed by atoms with Crippen LogP contribution < -0.4 is 19.5 Å². The monoisotopic (exact) mass is 313 g/mol. The van der Waals surface area contributed by atoms with Gasteiger partial charge in [-0.1, -0.05) is 0 Å². The quantitative estimate of drug-likeness (QED) is 0.632. The first-order chi connectivity index (χ1) is 10.7. The second-order valence-electron chi connectivity index (χ2n) is 4.50. The normalized spacial score (nSPS) is 10.8. The Morgan fingerprint density at radius 1 is 0.909 bits per heavy atom. The van der Waals surface area contributed by atoms with E-state index < -0.39 is 0 Å². The molecule has 1 aromatic carbocycles. The van der Waals surface area contributed by atoms with Crippen LogP contribution in [0.5, 0.6) is 17.2 Å². The molecule has 22 heavy (non-hydrogen) atoms. The lowest BCUT2D eigenvalue weighted by molar-refractivity contribution is -0.133. The number of benzene rings is 1. The summed E-state index contributed by atoms with van der Waals surface area (Å²) in [5.41, 5.74) is 1.03. The number of hydrogen-bond donors (Lipinski definition) is 1. The van der Waals surface area contributed by atoms with Crippen LogP contribution in [-0.2, 0) is 16.0 Å². The number of methoxy groups -OCH3 is 3. The molecule has 0 aliphatic rings. The van der Waals surface area contributed by atoms with Crippen LogP contribution in [0.1, 0.15) is 19.4 Å². The van der Waals surface area contributed by atoms with Gasteiger partial charge in [-0.25, -0.2) is 0 Å². The highest BCUT2D eigenvalue weighted by Crippen LogP contribution is 2.38. The second kappa shape index (κ2) is 10.3. The van der Waals surface area contributed by atoms with Gasteiger partial charge in [-0.15, -0.1) is 0 Å². The van der Waals surface area contributed by atoms with Crippen LogP contribution in [0.4, 0.5) is 0 Å². The summed E-state index contributed by atoms with van der Waals surface area (Å²) in [6.07, 6.45) is -0.239. The average molecular weight is 313 g/mol. The fraction of sp³-hybridized carbons (Fsp3) is 0.625. The summed E-state index contributed by atoms with van der Waals surface area (Å²) in [4.78, 5) is 0. The van der Waals surface area contributed by atoms with Crippen LogP contribution >= 0.6 is 0 Å². The SMILES string of the molecule is CCOC(CNCc1cc(OC)c(OC)c(OC)c1)OCC. The molecule has 0 aromatic heterocycles. The molecule has 126 valence electrons. The van der Waals surface area contributed by atoms with Crippen molar-refractivity contribution in [3.8, 4) is 17.2 Å². The van der Waals surface area contributed by atoms with Gasteiger partial charge in [0.15, 0.2) is 17.8 Å². The molecule has 1 rings (SSSR count). The molecule has 0 amide bonds. The first-order valence-electron chi connectivity index (χ1n) is 7.42. The van der Waals surface area contributed by atoms with Crippen molar-refractivity contribution in [2.75, 3.05) is 41.1 Å². The standard InChI is InChI=1S/C16H27NO5/c1-6-21-15(22-7-2)11-17-10-12-8-13(18-3)16(20-5)14(9-12)19-4/h8-9,15,17H,6-7,10-11H2,1-5H3. The number of nitrogens with one attached hydrogen (secondary N) is 1. The van der Waals surface area contributed by atoms with E-state index in [9.17, 15) is 0 Å². The molecule has 0 fully saturated rings. The van der Waals surface area contributed by atoms with Gasteiger partial charge in [0.25, 0.3) is 0 Å². The summed E-state index contributed by atoms with van der Waals surface area (Å²) in [5, 5.41) is 3.31. The fourth-order valence-corrected chi connectivity index (χ4v) is 2.11. The molecule has 0 saturated heterocycles. The van der Waals surface area contributed by atoms with E-state index in [1.54, 1.807) is 21.3 Å². The Balaban J connectivity index is 2.69. The first-order valence-corrected chi connectivity index (χ1v) is 7.42. The molecular weight excluding hydrogens is 286 g/mol. The van der Waals surface area contributed by atoms with Gasteiger partial charge in [0, 0.05) is 26.3 Å². The van der Waals surface area contributed by atoms with Crippen molar-refractivity contribution in [3.63, 3.8) is 0 Å². The molecule has 6 nitrogen and oxygen atoms in total. The van der Waals surface area contributed by atoms with Gasteiger partial charge >= 0.3 is 0 Å². The Hall–Kier alpha value is -1.50. The Morgan fingerprint density at radius 3 is 1.86 bits per heavy atom. The summed E-state index contributed by atoms with van der Waals surface area (Å²) in [6, 6.07) is 3.84.